The van der Waals surface area contributed by atoms with Crippen LogP contribution in [-0.2, 0) is 7.05 Å². The maximum absolute atomic E-state index is 10.8. The number of aliphatic hydroxyl groups is 1. The number of aryl methyl sites for hydroxylation is 1. The molecule has 1 fully saturated rings. The second-order valence-corrected chi connectivity index (χ2v) is 7.25. The van der Waals surface area contributed by atoms with Gasteiger partial charge in [-0.2, -0.15) is 11.8 Å². The van der Waals surface area contributed by atoms with Gasteiger partial charge in [0, 0.05) is 40.7 Å². The number of ether oxygens (including phenoxy) is 1. The number of nitrogens with one attached hydrogen (secondary N) is 1. The molecule has 1 saturated heterocycles. The molecular formula is C17H25N2O2S+. The Balaban J connectivity index is 1.95. The summed E-state index contributed by atoms with van der Waals surface area (Å²) in [6.45, 7) is 5.17. The number of aromatic nitrogens is 1. The molecule has 0 saturated carbocycles. The van der Waals surface area contributed by atoms with Crippen molar-refractivity contribution in [2.45, 2.75) is 13.0 Å². The highest BCUT2D eigenvalue weighted by molar-refractivity contribution is 7.99. The molecule has 0 spiro atoms. The van der Waals surface area contributed by atoms with E-state index in [1.54, 1.807) is 7.11 Å². The van der Waals surface area contributed by atoms with E-state index in [1.165, 1.54) is 16.4 Å². The van der Waals surface area contributed by atoms with Gasteiger partial charge in [-0.15, -0.1) is 0 Å². The molecule has 1 atom stereocenters. The average Bonchev–Trinajstić information content (AvgIpc) is 2.79. The molecular weight excluding hydrogens is 296 g/mol. The fourth-order valence-electron chi connectivity index (χ4n) is 3.37. The average molecular weight is 321 g/mol. The molecule has 0 radical (unpaired) electrons. The largest absolute Gasteiger partial charge is 0.497 e. The van der Waals surface area contributed by atoms with Crippen LogP contribution in [0, 0.1) is 6.92 Å². The fraction of sp³-hybridized carbons (Fsp3) is 0.529. The maximum Gasteiger partial charge on any atom is 0.130 e. The Labute approximate surface area is 136 Å². The van der Waals surface area contributed by atoms with E-state index in [4.69, 9.17) is 4.74 Å². The van der Waals surface area contributed by atoms with Gasteiger partial charge in [0.05, 0.1) is 20.2 Å². The summed E-state index contributed by atoms with van der Waals surface area (Å²) in [6.07, 6.45) is -0.422. The van der Waals surface area contributed by atoms with Gasteiger partial charge in [-0.05, 0) is 25.1 Å². The van der Waals surface area contributed by atoms with Crippen LogP contribution >= 0.6 is 11.8 Å². The van der Waals surface area contributed by atoms with Crippen molar-refractivity contribution >= 4 is 22.7 Å². The van der Waals surface area contributed by atoms with Crippen LogP contribution in [0.3, 0.4) is 0 Å². The molecule has 2 aromatic rings. The van der Waals surface area contributed by atoms with E-state index < -0.39 is 6.10 Å². The summed E-state index contributed by atoms with van der Waals surface area (Å²) in [5.74, 6) is 3.24. The van der Waals surface area contributed by atoms with Gasteiger partial charge in [0.1, 0.15) is 18.4 Å². The molecule has 1 aromatic carbocycles. The van der Waals surface area contributed by atoms with Gasteiger partial charge in [0.2, 0.25) is 0 Å². The lowest BCUT2D eigenvalue weighted by atomic mass is 10.0. The summed E-state index contributed by atoms with van der Waals surface area (Å²) >= 11 is 2.01. The predicted octanol–water partition coefficient (Wildman–Crippen LogP) is 1.16. The molecule has 0 amide bonds. The summed E-state index contributed by atoms with van der Waals surface area (Å²) < 4.78 is 7.52. The van der Waals surface area contributed by atoms with Crippen molar-refractivity contribution in [3.8, 4) is 5.75 Å². The van der Waals surface area contributed by atoms with Gasteiger partial charge >= 0.3 is 0 Å². The molecule has 1 aliphatic heterocycles. The molecule has 4 nitrogen and oxygen atoms in total. The molecule has 22 heavy (non-hydrogen) atoms. The Morgan fingerprint density at radius 2 is 2.09 bits per heavy atom. The highest BCUT2D eigenvalue weighted by Crippen LogP contribution is 2.32. The van der Waals surface area contributed by atoms with Gasteiger partial charge < -0.3 is 19.3 Å². The number of fused-ring (bicyclic) bond motifs is 1. The smallest absolute Gasteiger partial charge is 0.130 e. The zero-order chi connectivity index (χ0) is 15.7. The molecule has 5 heteroatoms. The van der Waals surface area contributed by atoms with Crippen LogP contribution in [0.1, 0.15) is 17.4 Å². The number of methoxy groups -OCH3 is 1. The van der Waals surface area contributed by atoms with Crippen molar-refractivity contribution in [1.29, 1.82) is 0 Å². The van der Waals surface area contributed by atoms with E-state index in [-0.39, 0.29) is 0 Å². The Morgan fingerprint density at radius 3 is 2.77 bits per heavy atom. The normalized spacial score (nSPS) is 17.8. The number of hydrogen-bond acceptors (Lipinski definition) is 3. The topological polar surface area (TPSA) is 38.8 Å². The van der Waals surface area contributed by atoms with Crippen molar-refractivity contribution in [3.63, 3.8) is 0 Å². The van der Waals surface area contributed by atoms with Crippen molar-refractivity contribution in [1.82, 2.24) is 4.57 Å². The second-order valence-electron chi connectivity index (χ2n) is 6.02. The van der Waals surface area contributed by atoms with Crippen LogP contribution in [0.5, 0.6) is 5.75 Å². The van der Waals surface area contributed by atoms with Gasteiger partial charge in [-0.25, -0.2) is 0 Å². The maximum atomic E-state index is 10.8. The zero-order valence-electron chi connectivity index (χ0n) is 13.6. The summed E-state index contributed by atoms with van der Waals surface area (Å²) in [5, 5.41) is 12.0. The van der Waals surface area contributed by atoms with Crippen LogP contribution in [-0.4, -0.2) is 47.9 Å². The molecule has 2 heterocycles. The van der Waals surface area contributed by atoms with Gasteiger partial charge in [0.15, 0.2) is 0 Å². The number of quaternary nitrogens is 1. The van der Waals surface area contributed by atoms with Crippen LogP contribution in [0.15, 0.2) is 18.2 Å². The summed E-state index contributed by atoms with van der Waals surface area (Å²) in [4.78, 5) is 1.51. The van der Waals surface area contributed by atoms with E-state index >= 15 is 0 Å². The number of aliphatic hydroxyl groups excluding tert-OH is 1. The third-order valence-electron chi connectivity index (χ3n) is 4.76. The first-order valence-corrected chi connectivity index (χ1v) is 8.99. The molecule has 0 bridgehead atoms. The quantitative estimate of drug-likeness (QED) is 0.888. The lowest BCUT2D eigenvalue weighted by Crippen LogP contribution is -3.14. The van der Waals surface area contributed by atoms with Crippen molar-refractivity contribution in [3.05, 3.63) is 29.5 Å². The fourth-order valence-corrected chi connectivity index (χ4v) is 4.44. The molecule has 1 aromatic heterocycles. The van der Waals surface area contributed by atoms with E-state index in [9.17, 15) is 5.11 Å². The lowest BCUT2D eigenvalue weighted by Gasteiger charge is -2.25. The van der Waals surface area contributed by atoms with Crippen molar-refractivity contribution in [2.24, 2.45) is 7.05 Å². The Kier molecular flexibility index (Phi) is 4.66. The Bertz CT molecular complexity index is 662. The first-order valence-electron chi connectivity index (χ1n) is 7.84. The molecule has 3 rings (SSSR count). The third kappa shape index (κ3) is 2.85. The second kappa shape index (κ2) is 6.52. The number of nitrogens with zero attached hydrogens (tertiary/aromatic N) is 1. The first kappa shape index (κ1) is 15.7. The molecule has 120 valence electrons. The minimum absolute atomic E-state index is 0.422. The highest BCUT2D eigenvalue weighted by atomic mass is 32.2. The van der Waals surface area contributed by atoms with Crippen LogP contribution in [0.4, 0.5) is 0 Å². The summed E-state index contributed by atoms with van der Waals surface area (Å²) in [6, 6.07) is 6.09. The number of hydrogen-bond donors (Lipinski definition) is 2. The zero-order valence-corrected chi connectivity index (χ0v) is 14.4. The van der Waals surface area contributed by atoms with Crippen molar-refractivity contribution < 1.29 is 14.7 Å². The predicted molar refractivity (Wildman–Crippen MR) is 92.1 cm³/mol. The molecule has 2 N–H and O–H groups in total. The third-order valence-corrected chi connectivity index (χ3v) is 5.75. The Morgan fingerprint density at radius 1 is 1.36 bits per heavy atom. The molecule has 0 unspecified atom stereocenters. The standard InChI is InChI=1S/C17H24N2O2S/c1-12-17(16(20)11-19-6-8-22-9-7-19)14-10-13(21-3)4-5-15(14)18(12)2/h4-5,10,16,20H,6-9,11H2,1-3H3/p+1/t16-/m0/s1. The highest BCUT2D eigenvalue weighted by Gasteiger charge is 2.24. The molecule has 1 aliphatic rings. The minimum Gasteiger partial charge on any atom is -0.497 e. The van der Waals surface area contributed by atoms with Gasteiger partial charge in [-0.1, -0.05) is 0 Å². The van der Waals surface area contributed by atoms with Gasteiger partial charge in [-0.3, -0.25) is 0 Å². The minimum atomic E-state index is -0.422. The summed E-state index contributed by atoms with van der Waals surface area (Å²) in [5.41, 5.74) is 3.35. The Hall–Kier alpha value is -1.17. The van der Waals surface area contributed by atoms with Gasteiger partial charge in [0.25, 0.3) is 0 Å². The SMILES string of the molecule is COc1ccc2c(c1)c([C@@H](O)C[NH+]1CCSCC1)c(C)n2C. The number of benzene rings is 1. The van der Waals surface area contributed by atoms with E-state index in [1.807, 2.05) is 23.9 Å². The van der Waals surface area contributed by atoms with Crippen LogP contribution in [0.2, 0.25) is 0 Å². The van der Waals surface area contributed by atoms with Crippen LogP contribution in [0.25, 0.3) is 10.9 Å². The number of thioether (sulfide) groups is 1. The molecule has 0 aliphatic carbocycles. The van der Waals surface area contributed by atoms with Crippen LogP contribution < -0.4 is 9.64 Å². The number of rotatable bonds is 4. The van der Waals surface area contributed by atoms with E-state index in [0.29, 0.717) is 0 Å². The monoisotopic (exact) mass is 321 g/mol. The first-order chi connectivity index (χ1) is 10.6. The van der Waals surface area contributed by atoms with E-state index in [0.717, 1.165) is 47.5 Å². The van der Waals surface area contributed by atoms with Crippen molar-refractivity contribution in [2.75, 3.05) is 38.2 Å². The lowest BCUT2D eigenvalue weighted by molar-refractivity contribution is -0.900. The summed E-state index contributed by atoms with van der Waals surface area (Å²) in [7, 11) is 3.74. The van der Waals surface area contributed by atoms with E-state index in [2.05, 4.69) is 24.6 Å².